The van der Waals surface area contributed by atoms with Crippen molar-refractivity contribution in [3.8, 4) is 16.9 Å². The lowest BCUT2D eigenvalue weighted by molar-refractivity contribution is 0.0950. The van der Waals surface area contributed by atoms with Crippen molar-refractivity contribution in [2.45, 2.75) is 26.3 Å². The number of carbonyl (C=O) groups excluding carboxylic acids is 1. The second-order valence-electron chi connectivity index (χ2n) is 8.77. The van der Waals surface area contributed by atoms with E-state index in [2.05, 4.69) is 42.3 Å². The quantitative estimate of drug-likeness (QED) is 0.478. The predicted molar refractivity (Wildman–Crippen MR) is 128 cm³/mol. The lowest BCUT2D eigenvalue weighted by atomic mass is 10.00. The Morgan fingerprint density at radius 3 is 2.59 bits per heavy atom. The molecule has 34 heavy (non-hydrogen) atoms. The number of benzene rings is 1. The van der Waals surface area contributed by atoms with Gasteiger partial charge < -0.3 is 10.2 Å². The molecule has 1 fully saturated rings. The highest BCUT2D eigenvalue weighted by Gasteiger charge is 2.29. The van der Waals surface area contributed by atoms with E-state index in [1.807, 2.05) is 55.1 Å². The summed E-state index contributed by atoms with van der Waals surface area (Å²) in [5, 5.41) is 7.43. The number of amides is 1. The molecular formula is C25H26N8O. The Hall–Kier alpha value is -3.98. The van der Waals surface area contributed by atoms with Gasteiger partial charge in [0.25, 0.3) is 5.91 Å². The largest absolute Gasteiger partial charge is 0.346 e. The smallest absolute Gasteiger partial charge is 0.251 e. The average Bonchev–Trinajstić information content (AvgIpc) is 3.31. The van der Waals surface area contributed by atoms with Crippen molar-refractivity contribution in [2.24, 2.45) is 0 Å². The zero-order chi connectivity index (χ0) is 23.7. The maximum atomic E-state index is 13.1. The number of aryl methyl sites for hydroxylation is 2. The Morgan fingerprint density at radius 1 is 1.03 bits per heavy atom. The number of aromatic nitrogens is 6. The van der Waals surface area contributed by atoms with Gasteiger partial charge in [-0.05, 0) is 50.7 Å². The first-order valence-corrected chi connectivity index (χ1v) is 11.2. The molecule has 4 heterocycles. The third-order valence-corrected chi connectivity index (χ3v) is 5.90. The summed E-state index contributed by atoms with van der Waals surface area (Å²) in [6, 6.07) is 9.66. The van der Waals surface area contributed by atoms with Crippen molar-refractivity contribution in [3.05, 3.63) is 83.6 Å². The molecule has 4 aromatic rings. The van der Waals surface area contributed by atoms with Crippen LogP contribution in [0.15, 0.2) is 55.2 Å². The fourth-order valence-electron chi connectivity index (χ4n) is 4.02. The van der Waals surface area contributed by atoms with E-state index in [0.717, 1.165) is 47.1 Å². The standard InChI is InChI=1S/C25H26N8O/c1-16-4-5-23(28-9-16)18-6-19(25(34)29-12-21-11-26-17(2)10-27-21)8-22(7-18)33-24(30-15-31-33)20-13-32(3)14-20/h4-11,15,20H,12-14H2,1-3H3,(H,29,34). The molecule has 0 unspecified atom stereocenters. The molecule has 1 amide bonds. The van der Waals surface area contributed by atoms with Crippen molar-refractivity contribution in [1.29, 1.82) is 0 Å². The molecule has 172 valence electrons. The van der Waals surface area contributed by atoms with Crippen LogP contribution in [0.4, 0.5) is 0 Å². The normalized spacial score (nSPS) is 14.1. The topological polar surface area (TPSA) is 102 Å². The highest BCUT2D eigenvalue weighted by atomic mass is 16.1. The summed E-state index contributed by atoms with van der Waals surface area (Å²) in [4.78, 5) is 33.0. The molecule has 0 bridgehead atoms. The van der Waals surface area contributed by atoms with E-state index in [4.69, 9.17) is 0 Å². The van der Waals surface area contributed by atoms with Gasteiger partial charge in [-0.25, -0.2) is 9.67 Å². The third kappa shape index (κ3) is 4.55. The maximum absolute atomic E-state index is 13.1. The van der Waals surface area contributed by atoms with Gasteiger partial charge in [-0.2, -0.15) is 5.10 Å². The molecule has 0 saturated carbocycles. The van der Waals surface area contributed by atoms with E-state index in [1.54, 1.807) is 18.7 Å². The van der Waals surface area contributed by atoms with E-state index in [1.165, 1.54) is 0 Å². The zero-order valence-corrected chi connectivity index (χ0v) is 19.4. The minimum atomic E-state index is -0.206. The molecule has 3 aromatic heterocycles. The number of nitrogens with one attached hydrogen (secondary N) is 1. The highest BCUT2D eigenvalue weighted by Crippen LogP contribution is 2.28. The van der Waals surface area contributed by atoms with Crippen LogP contribution < -0.4 is 5.32 Å². The Kier molecular flexibility index (Phi) is 5.85. The first-order valence-electron chi connectivity index (χ1n) is 11.2. The number of hydrogen-bond donors (Lipinski definition) is 1. The summed E-state index contributed by atoms with van der Waals surface area (Å²) in [7, 11) is 2.09. The van der Waals surface area contributed by atoms with Gasteiger partial charge in [-0.1, -0.05) is 6.07 Å². The van der Waals surface area contributed by atoms with Crippen LogP contribution in [0.5, 0.6) is 0 Å². The van der Waals surface area contributed by atoms with Crippen LogP contribution >= 0.6 is 0 Å². The fourth-order valence-corrected chi connectivity index (χ4v) is 4.02. The second-order valence-corrected chi connectivity index (χ2v) is 8.77. The Labute approximate surface area is 197 Å². The molecule has 1 aliphatic heterocycles. The van der Waals surface area contributed by atoms with Crippen LogP contribution in [0, 0.1) is 13.8 Å². The van der Waals surface area contributed by atoms with Gasteiger partial charge in [0, 0.05) is 42.5 Å². The van der Waals surface area contributed by atoms with Gasteiger partial charge in [0.1, 0.15) is 12.2 Å². The number of rotatable bonds is 6. The molecule has 9 nitrogen and oxygen atoms in total. The summed E-state index contributed by atoms with van der Waals surface area (Å²) in [6.07, 6.45) is 6.75. The number of carbonyl (C=O) groups is 1. The molecule has 0 aliphatic carbocycles. The zero-order valence-electron chi connectivity index (χ0n) is 19.4. The van der Waals surface area contributed by atoms with Gasteiger partial charge in [-0.3, -0.25) is 19.7 Å². The van der Waals surface area contributed by atoms with Crippen LogP contribution in [-0.2, 0) is 6.54 Å². The molecule has 5 rings (SSSR count). The molecule has 1 aliphatic rings. The van der Waals surface area contributed by atoms with Crippen LogP contribution in [0.25, 0.3) is 16.9 Å². The van der Waals surface area contributed by atoms with Gasteiger partial charge in [0.05, 0.1) is 35.5 Å². The number of likely N-dealkylation sites (N-methyl/N-ethyl adjacent to an activating group) is 1. The van der Waals surface area contributed by atoms with Gasteiger partial charge in [0.15, 0.2) is 0 Å². The fraction of sp³-hybridized carbons (Fsp3) is 0.280. The first-order chi connectivity index (χ1) is 16.5. The lowest BCUT2D eigenvalue weighted by Crippen LogP contribution is -2.43. The summed E-state index contributed by atoms with van der Waals surface area (Å²) in [5.74, 6) is 1.00. The van der Waals surface area contributed by atoms with E-state index in [9.17, 15) is 4.79 Å². The average molecular weight is 455 g/mol. The SMILES string of the molecule is Cc1ccc(-c2cc(C(=O)NCc3cnc(C)cn3)cc(-n3ncnc3C3CN(C)C3)c2)nc1. The van der Waals surface area contributed by atoms with Crippen molar-refractivity contribution >= 4 is 5.91 Å². The van der Waals surface area contributed by atoms with Crippen LogP contribution in [0.3, 0.4) is 0 Å². The van der Waals surface area contributed by atoms with Crippen LogP contribution in [0.1, 0.15) is 39.1 Å². The minimum absolute atomic E-state index is 0.206. The molecule has 0 atom stereocenters. The monoisotopic (exact) mass is 454 g/mol. The molecule has 1 N–H and O–H groups in total. The first kappa shape index (κ1) is 21.8. The van der Waals surface area contributed by atoms with Crippen molar-refractivity contribution in [3.63, 3.8) is 0 Å². The summed E-state index contributed by atoms with van der Waals surface area (Å²) in [6.45, 7) is 6.03. The number of likely N-dealkylation sites (tertiary alicyclic amines) is 1. The Balaban J connectivity index is 1.49. The predicted octanol–water partition coefficient (Wildman–Crippen LogP) is 2.70. The number of nitrogens with zero attached hydrogens (tertiary/aromatic N) is 7. The van der Waals surface area contributed by atoms with E-state index in [-0.39, 0.29) is 12.5 Å². The molecule has 0 radical (unpaired) electrons. The highest BCUT2D eigenvalue weighted by molar-refractivity contribution is 5.96. The van der Waals surface area contributed by atoms with Gasteiger partial charge in [0.2, 0.25) is 0 Å². The summed E-state index contributed by atoms with van der Waals surface area (Å²) in [5.41, 5.74) is 5.53. The Bertz CT molecular complexity index is 1310. The van der Waals surface area contributed by atoms with E-state index in [0.29, 0.717) is 17.2 Å². The molecule has 0 spiro atoms. The van der Waals surface area contributed by atoms with Crippen LogP contribution in [-0.4, -0.2) is 60.7 Å². The molecular weight excluding hydrogens is 428 g/mol. The van der Waals surface area contributed by atoms with Crippen molar-refractivity contribution in [2.75, 3.05) is 20.1 Å². The lowest BCUT2D eigenvalue weighted by Gasteiger charge is -2.35. The summed E-state index contributed by atoms with van der Waals surface area (Å²) >= 11 is 0. The van der Waals surface area contributed by atoms with Crippen molar-refractivity contribution < 1.29 is 4.79 Å². The van der Waals surface area contributed by atoms with E-state index >= 15 is 0 Å². The Morgan fingerprint density at radius 2 is 1.88 bits per heavy atom. The second kappa shape index (κ2) is 9.11. The third-order valence-electron chi connectivity index (χ3n) is 5.90. The molecule has 1 saturated heterocycles. The molecule has 9 heteroatoms. The minimum Gasteiger partial charge on any atom is -0.346 e. The van der Waals surface area contributed by atoms with E-state index < -0.39 is 0 Å². The van der Waals surface area contributed by atoms with Gasteiger partial charge in [-0.15, -0.1) is 0 Å². The number of hydrogen-bond acceptors (Lipinski definition) is 7. The van der Waals surface area contributed by atoms with Crippen molar-refractivity contribution in [1.82, 2.24) is 39.9 Å². The number of pyridine rings is 1. The van der Waals surface area contributed by atoms with Crippen LogP contribution in [0.2, 0.25) is 0 Å². The maximum Gasteiger partial charge on any atom is 0.251 e. The van der Waals surface area contributed by atoms with Gasteiger partial charge >= 0.3 is 0 Å². The summed E-state index contributed by atoms with van der Waals surface area (Å²) < 4.78 is 1.83. The molecule has 1 aromatic carbocycles.